The molecule has 9 heteroatoms. The molecule has 2 aromatic carbocycles. The Morgan fingerprint density at radius 3 is 2.81 bits per heavy atom. The van der Waals surface area contributed by atoms with E-state index in [-0.39, 0.29) is 12.4 Å². The van der Waals surface area contributed by atoms with Crippen molar-refractivity contribution in [3.8, 4) is 17.2 Å². The predicted octanol–water partition coefficient (Wildman–Crippen LogP) is 4.29. The van der Waals surface area contributed by atoms with Crippen molar-refractivity contribution in [3.63, 3.8) is 0 Å². The second kappa shape index (κ2) is 11.7. The number of carbonyl (C=O) groups excluding carboxylic acids is 1. The zero-order valence-electron chi connectivity index (χ0n) is 18.2. The average molecular weight is 456 g/mol. The third kappa shape index (κ3) is 6.71. The van der Waals surface area contributed by atoms with Crippen molar-refractivity contribution in [1.29, 1.82) is 0 Å². The molecule has 0 saturated carbocycles. The molecule has 0 atom stereocenters. The number of hydrogen-bond acceptors (Lipinski definition) is 9. The van der Waals surface area contributed by atoms with Crippen LogP contribution in [-0.4, -0.2) is 38.0 Å². The van der Waals surface area contributed by atoms with Crippen LogP contribution < -0.4 is 19.6 Å². The summed E-state index contributed by atoms with van der Waals surface area (Å²) in [7, 11) is 3.23. The molecule has 1 aromatic heterocycles. The first kappa shape index (κ1) is 23.1. The van der Waals surface area contributed by atoms with Gasteiger partial charge in [-0.1, -0.05) is 12.1 Å². The highest BCUT2D eigenvalue weighted by molar-refractivity contribution is 7.13. The van der Waals surface area contributed by atoms with Crippen molar-refractivity contribution in [2.45, 2.75) is 20.0 Å². The number of anilines is 1. The maximum absolute atomic E-state index is 11.5. The maximum Gasteiger partial charge on any atom is 0.311 e. The quantitative estimate of drug-likeness (QED) is 0.262. The molecule has 0 amide bonds. The fourth-order valence-corrected chi connectivity index (χ4v) is 3.43. The third-order valence-electron chi connectivity index (χ3n) is 4.27. The Bertz CT molecular complexity index is 1070. The summed E-state index contributed by atoms with van der Waals surface area (Å²) in [6.07, 6.45) is 1.80. The Kier molecular flexibility index (Phi) is 8.44. The lowest BCUT2D eigenvalue weighted by Crippen LogP contribution is -2.07. The van der Waals surface area contributed by atoms with Crippen molar-refractivity contribution in [2.75, 3.05) is 26.3 Å². The van der Waals surface area contributed by atoms with Gasteiger partial charge in [0.15, 0.2) is 11.5 Å². The van der Waals surface area contributed by atoms with Crippen LogP contribution in [0, 0.1) is 0 Å². The minimum Gasteiger partial charge on any atom is -0.497 e. The van der Waals surface area contributed by atoms with Gasteiger partial charge in [-0.05, 0) is 48.4 Å². The van der Waals surface area contributed by atoms with E-state index in [9.17, 15) is 4.79 Å². The molecule has 0 aliphatic carbocycles. The lowest BCUT2D eigenvalue weighted by Gasteiger charge is -2.12. The molecule has 0 fully saturated rings. The zero-order valence-corrected chi connectivity index (χ0v) is 19.0. The molecule has 0 aliphatic rings. The van der Waals surface area contributed by atoms with Gasteiger partial charge in [0.1, 0.15) is 12.4 Å². The number of esters is 1. The van der Waals surface area contributed by atoms with Crippen molar-refractivity contribution < 1.29 is 23.7 Å². The van der Waals surface area contributed by atoms with Gasteiger partial charge in [-0.2, -0.15) is 5.10 Å². The summed E-state index contributed by atoms with van der Waals surface area (Å²) in [6, 6.07) is 13.2. The molecular weight excluding hydrogens is 430 g/mol. The summed E-state index contributed by atoms with van der Waals surface area (Å²) in [5, 5.41) is 6.61. The van der Waals surface area contributed by atoms with E-state index in [0.717, 1.165) is 16.9 Å². The highest BCUT2D eigenvalue weighted by Gasteiger charge is 2.09. The summed E-state index contributed by atoms with van der Waals surface area (Å²) in [5.74, 6) is 1.71. The summed E-state index contributed by atoms with van der Waals surface area (Å²) in [4.78, 5) is 15.9. The van der Waals surface area contributed by atoms with Crippen molar-refractivity contribution in [1.82, 2.24) is 4.98 Å². The molecule has 0 saturated heterocycles. The molecule has 0 unspecified atom stereocenters. The highest BCUT2D eigenvalue weighted by Crippen LogP contribution is 2.29. The van der Waals surface area contributed by atoms with E-state index >= 15 is 0 Å². The average Bonchev–Trinajstić information content (AvgIpc) is 3.25. The smallest absolute Gasteiger partial charge is 0.311 e. The number of methoxy groups -OCH3 is 2. The number of benzene rings is 2. The van der Waals surface area contributed by atoms with Crippen molar-refractivity contribution in [2.24, 2.45) is 5.10 Å². The van der Waals surface area contributed by atoms with Gasteiger partial charge in [-0.25, -0.2) is 4.98 Å². The van der Waals surface area contributed by atoms with Crippen LogP contribution in [0.1, 0.15) is 23.7 Å². The van der Waals surface area contributed by atoms with Gasteiger partial charge in [0.2, 0.25) is 5.13 Å². The summed E-state index contributed by atoms with van der Waals surface area (Å²) < 4.78 is 21.5. The number of ether oxygens (including phenoxy) is 4. The van der Waals surface area contributed by atoms with Crippen LogP contribution in [0.2, 0.25) is 0 Å². The van der Waals surface area contributed by atoms with Gasteiger partial charge in [-0.3, -0.25) is 10.2 Å². The number of carbonyl (C=O) groups is 1. The molecule has 168 valence electrons. The lowest BCUT2D eigenvalue weighted by molar-refractivity contribution is -0.142. The first-order chi connectivity index (χ1) is 15.6. The Labute approximate surface area is 190 Å². The molecule has 0 radical (unpaired) electrons. The minimum absolute atomic E-state index is 0.141. The van der Waals surface area contributed by atoms with Crippen molar-refractivity contribution >= 4 is 28.7 Å². The third-order valence-corrected chi connectivity index (χ3v) is 5.07. The molecule has 1 N–H and O–H groups in total. The molecule has 3 rings (SSSR count). The van der Waals surface area contributed by atoms with Gasteiger partial charge in [0.05, 0.1) is 39.2 Å². The fourth-order valence-electron chi connectivity index (χ4n) is 2.77. The van der Waals surface area contributed by atoms with E-state index in [2.05, 4.69) is 15.5 Å². The second-order valence-electron chi connectivity index (χ2n) is 6.55. The molecule has 3 aromatic rings. The number of nitrogens with zero attached hydrogens (tertiary/aromatic N) is 2. The first-order valence-electron chi connectivity index (χ1n) is 9.94. The minimum atomic E-state index is -0.299. The Hall–Kier alpha value is -3.59. The monoisotopic (exact) mass is 455 g/mol. The summed E-state index contributed by atoms with van der Waals surface area (Å²) in [6.45, 7) is 2.50. The van der Waals surface area contributed by atoms with Gasteiger partial charge in [-0.15, -0.1) is 11.3 Å². The molecule has 0 bridgehead atoms. The largest absolute Gasteiger partial charge is 0.497 e. The first-order valence-corrected chi connectivity index (χ1v) is 10.8. The Morgan fingerprint density at radius 1 is 1.16 bits per heavy atom. The predicted molar refractivity (Wildman–Crippen MR) is 124 cm³/mol. The van der Waals surface area contributed by atoms with Crippen LogP contribution in [0.25, 0.3) is 0 Å². The SMILES string of the molecule is CCOC(=O)Cc1csc(NN=Cc2ccc(OC)c(OCc3cccc(OC)c3)c2)n1. The van der Waals surface area contributed by atoms with E-state index in [0.29, 0.717) is 35.5 Å². The second-order valence-corrected chi connectivity index (χ2v) is 7.40. The number of hydrogen-bond donors (Lipinski definition) is 1. The number of rotatable bonds is 11. The van der Waals surface area contributed by atoms with Gasteiger partial charge in [0, 0.05) is 5.38 Å². The van der Waals surface area contributed by atoms with Gasteiger partial charge in [0.25, 0.3) is 0 Å². The number of nitrogens with one attached hydrogen (secondary N) is 1. The molecule has 32 heavy (non-hydrogen) atoms. The Balaban J connectivity index is 1.61. The van der Waals surface area contributed by atoms with Crippen molar-refractivity contribution in [3.05, 3.63) is 64.7 Å². The molecule has 0 aliphatic heterocycles. The van der Waals surface area contributed by atoms with E-state index in [1.54, 1.807) is 32.7 Å². The van der Waals surface area contributed by atoms with E-state index in [1.807, 2.05) is 42.5 Å². The molecule has 8 nitrogen and oxygen atoms in total. The molecule has 0 spiro atoms. The van der Waals surface area contributed by atoms with E-state index in [1.165, 1.54) is 11.3 Å². The van der Waals surface area contributed by atoms with Gasteiger partial charge < -0.3 is 18.9 Å². The zero-order chi connectivity index (χ0) is 22.8. The van der Waals surface area contributed by atoms with Crippen LogP contribution in [0.5, 0.6) is 17.2 Å². The fraction of sp³-hybridized carbons (Fsp3) is 0.261. The topological polar surface area (TPSA) is 91.3 Å². The molecule has 1 heterocycles. The van der Waals surface area contributed by atoms with Crippen LogP contribution in [-0.2, 0) is 22.6 Å². The van der Waals surface area contributed by atoms with E-state index in [4.69, 9.17) is 18.9 Å². The van der Waals surface area contributed by atoms with Crippen LogP contribution >= 0.6 is 11.3 Å². The van der Waals surface area contributed by atoms with Gasteiger partial charge >= 0.3 is 5.97 Å². The normalized spacial score (nSPS) is 10.7. The highest BCUT2D eigenvalue weighted by atomic mass is 32.1. The maximum atomic E-state index is 11.5. The lowest BCUT2D eigenvalue weighted by atomic mass is 10.2. The van der Waals surface area contributed by atoms with Crippen LogP contribution in [0.4, 0.5) is 5.13 Å². The number of aromatic nitrogens is 1. The van der Waals surface area contributed by atoms with Crippen LogP contribution in [0.15, 0.2) is 52.9 Å². The number of thiazole rings is 1. The summed E-state index contributed by atoms with van der Waals surface area (Å²) in [5.41, 5.74) is 5.32. The Morgan fingerprint density at radius 2 is 2.03 bits per heavy atom. The van der Waals surface area contributed by atoms with E-state index < -0.39 is 0 Å². The standard InChI is InChI=1S/C23H25N3O5S/c1-4-30-22(27)12-18-15-32-23(25-18)26-24-13-16-8-9-20(29-3)21(11-16)31-14-17-6-5-7-19(10-17)28-2/h5-11,13,15H,4,12,14H2,1-3H3,(H,25,26). The summed E-state index contributed by atoms with van der Waals surface area (Å²) >= 11 is 1.36. The number of hydrazone groups is 1. The van der Waals surface area contributed by atoms with Crippen LogP contribution in [0.3, 0.4) is 0 Å². The molecular formula is C23H25N3O5S.